The molecule has 1 aromatic heterocycles. The molecule has 0 spiro atoms. The molecule has 5 nitrogen and oxygen atoms in total. The van der Waals surface area contributed by atoms with Crippen molar-refractivity contribution in [3.05, 3.63) is 35.0 Å². The van der Waals surface area contributed by atoms with Crippen LogP contribution in [0.25, 0.3) is 0 Å². The minimum atomic E-state index is -0.0247. The van der Waals surface area contributed by atoms with Crippen molar-refractivity contribution < 1.29 is 9.47 Å². The molecule has 100 valence electrons. The highest BCUT2D eigenvalue weighted by Gasteiger charge is 2.17. The molecule has 6 heteroatoms. The molecule has 0 amide bonds. The standard InChI is InChI=1S/C13H14ClN3O2/c1-8(17-13(15)10(14)7-16-17)9-2-3-11-12(6-9)19-5-4-18-11/h2-3,6-8H,4-5,15H2,1H3. The van der Waals surface area contributed by atoms with Crippen molar-refractivity contribution in [1.29, 1.82) is 0 Å². The fraction of sp³-hybridized carbons (Fsp3) is 0.308. The monoisotopic (exact) mass is 279 g/mol. The molecule has 3 rings (SSSR count). The summed E-state index contributed by atoms with van der Waals surface area (Å²) in [5.41, 5.74) is 6.93. The fourth-order valence-electron chi connectivity index (χ4n) is 2.12. The van der Waals surface area contributed by atoms with Crippen LogP contribution in [0, 0.1) is 0 Å². The Hall–Kier alpha value is -1.88. The molecule has 2 heterocycles. The van der Waals surface area contributed by atoms with Gasteiger partial charge in [-0.05, 0) is 24.6 Å². The van der Waals surface area contributed by atoms with Crippen LogP contribution in [-0.2, 0) is 0 Å². The molecular formula is C13H14ClN3O2. The zero-order valence-corrected chi connectivity index (χ0v) is 11.2. The Labute approximate surface area is 115 Å². The molecule has 1 aliphatic rings. The van der Waals surface area contributed by atoms with Crippen LogP contribution < -0.4 is 15.2 Å². The van der Waals surface area contributed by atoms with Gasteiger partial charge in [0.25, 0.3) is 0 Å². The maximum Gasteiger partial charge on any atom is 0.161 e. The number of rotatable bonds is 2. The van der Waals surface area contributed by atoms with E-state index in [0.29, 0.717) is 24.1 Å². The Kier molecular flexibility index (Phi) is 2.98. The molecule has 2 N–H and O–H groups in total. The molecule has 19 heavy (non-hydrogen) atoms. The number of ether oxygens (including phenoxy) is 2. The van der Waals surface area contributed by atoms with Crippen molar-refractivity contribution in [2.45, 2.75) is 13.0 Å². The highest BCUT2D eigenvalue weighted by molar-refractivity contribution is 6.32. The van der Waals surface area contributed by atoms with Gasteiger partial charge in [0.2, 0.25) is 0 Å². The second-order valence-corrected chi connectivity index (χ2v) is 4.81. The van der Waals surface area contributed by atoms with Crippen LogP contribution in [0.3, 0.4) is 0 Å². The van der Waals surface area contributed by atoms with Crippen LogP contribution in [0.1, 0.15) is 18.5 Å². The van der Waals surface area contributed by atoms with Gasteiger partial charge in [-0.1, -0.05) is 17.7 Å². The molecule has 1 aromatic carbocycles. The Morgan fingerprint density at radius 2 is 2.05 bits per heavy atom. The van der Waals surface area contributed by atoms with Crippen molar-refractivity contribution in [3.63, 3.8) is 0 Å². The third-order valence-electron chi connectivity index (χ3n) is 3.20. The van der Waals surface area contributed by atoms with Gasteiger partial charge in [-0.15, -0.1) is 0 Å². The third-order valence-corrected chi connectivity index (χ3v) is 3.49. The molecule has 0 bridgehead atoms. The highest BCUT2D eigenvalue weighted by atomic mass is 35.5. The Bertz CT molecular complexity index is 612. The van der Waals surface area contributed by atoms with Crippen molar-refractivity contribution in [2.24, 2.45) is 0 Å². The molecule has 0 aliphatic carbocycles. The number of hydrogen-bond donors (Lipinski definition) is 1. The summed E-state index contributed by atoms with van der Waals surface area (Å²) in [6.07, 6.45) is 1.55. The number of nitrogens with zero attached hydrogens (tertiary/aromatic N) is 2. The topological polar surface area (TPSA) is 62.3 Å². The van der Waals surface area contributed by atoms with Crippen LogP contribution in [-0.4, -0.2) is 23.0 Å². The first-order valence-corrected chi connectivity index (χ1v) is 6.42. The Balaban J connectivity index is 1.95. The predicted octanol–water partition coefficient (Wildman–Crippen LogP) is 2.50. The Morgan fingerprint density at radius 1 is 1.32 bits per heavy atom. The van der Waals surface area contributed by atoms with E-state index in [1.165, 1.54) is 0 Å². The van der Waals surface area contributed by atoms with E-state index >= 15 is 0 Å². The van der Waals surface area contributed by atoms with Gasteiger partial charge in [0, 0.05) is 0 Å². The van der Waals surface area contributed by atoms with Gasteiger partial charge in [-0.25, -0.2) is 4.68 Å². The maximum atomic E-state index is 5.92. The van der Waals surface area contributed by atoms with Gasteiger partial charge in [0.15, 0.2) is 11.5 Å². The van der Waals surface area contributed by atoms with Gasteiger partial charge in [0.05, 0.1) is 12.2 Å². The van der Waals surface area contributed by atoms with E-state index in [9.17, 15) is 0 Å². The van der Waals surface area contributed by atoms with E-state index in [2.05, 4.69) is 5.10 Å². The first kappa shape index (κ1) is 12.2. The average Bonchev–Trinajstić information content (AvgIpc) is 2.78. The van der Waals surface area contributed by atoms with Crippen LogP contribution in [0.5, 0.6) is 11.5 Å². The number of anilines is 1. The maximum absolute atomic E-state index is 5.92. The smallest absolute Gasteiger partial charge is 0.161 e. The normalized spacial score (nSPS) is 15.3. The van der Waals surface area contributed by atoms with Crippen LogP contribution >= 0.6 is 11.6 Å². The van der Waals surface area contributed by atoms with E-state index in [1.54, 1.807) is 10.9 Å². The molecule has 0 saturated carbocycles. The number of halogens is 1. The summed E-state index contributed by atoms with van der Waals surface area (Å²) >= 11 is 5.92. The highest BCUT2D eigenvalue weighted by Crippen LogP contribution is 2.34. The van der Waals surface area contributed by atoms with E-state index < -0.39 is 0 Å². The minimum Gasteiger partial charge on any atom is -0.486 e. The van der Waals surface area contributed by atoms with Crippen molar-refractivity contribution in [3.8, 4) is 11.5 Å². The number of benzene rings is 1. The fourth-order valence-corrected chi connectivity index (χ4v) is 2.25. The van der Waals surface area contributed by atoms with Crippen LogP contribution in [0.15, 0.2) is 24.4 Å². The number of hydrogen-bond acceptors (Lipinski definition) is 4. The van der Waals surface area contributed by atoms with Gasteiger partial charge in [-0.3, -0.25) is 0 Å². The van der Waals surface area contributed by atoms with E-state index in [1.807, 2.05) is 25.1 Å². The van der Waals surface area contributed by atoms with Crippen molar-refractivity contribution in [1.82, 2.24) is 9.78 Å². The second-order valence-electron chi connectivity index (χ2n) is 4.40. The SMILES string of the molecule is CC(c1ccc2c(c1)OCCO2)n1ncc(Cl)c1N. The molecule has 1 unspecified atom stereocenters. The van der Waals surface area contributed by atoms with E-state index in [4.69, 9.17) is 26.8 Å². The van der Waals surface area contributed by atoms with Gasteiger partial charge in [-0.2, -0.15) is 5.10 Å². The summed E-state index contributed by atoms with van der Waals surface area (Å²) in [6.45, 7) is 3.16. The van der Waals surface area contributed by atoms with E-state index in [0.717, 1.165) is 17.1 Å². The molecule has 0 saturated heterocycles. The predicted molar refractivity (Wildman–Crippen MR) is 72.9 cm³/mol. The number of fused-ring (bicyclic) bond motifs is 1. The second kappa shape index (κ2) is 4.66. The summed E-state index contributed by atoms with van der Waals surface area (Å²) in [5.74, 6) is 1.99. The third kappa shape index (κ3) is 2.10. The summed E-state index contributed by atoms with van der Waals surface area (Å²) in [5, 5.41) is 4.65. The lowest BCUT2D eigenvalue weighted by molar-refractivity contribution is 0.171. The number of aromatic nitrogens is 2. The van der Waals surface area contributed by atoms with Crippen LogP contribution in [0.4, 0.5) is 5.82 Å². The molecule has 1 aliphatic heterocycles. The van der Waals surface area contributed by atoms with Gasteiger partial charge >= 0.3 is 0 Å². The lowest BCUT2D eigenvalue weighted by Crippen LogP contribution is -2.16. The zero-order chi connectivity index (χ0) is 13.4. The Morgan fingerprint density at radius 3 is 2.74 bits per heavy atom. The summed E-state index contributed by atoms with van der Waals surface area (Å²) in [4.78, 5) is 0. The molecule has 1 atom stereocenters. The number of nitrogen functional groups attached to an aromatic ring is 1. The lowest BCUT2D eigenvalue weighted by atomic mass is 10.1. The first-order chi connectivity index (χ1) is 9.16. The molecule has 0 radical (unpaired) electrons. The average molecular weight is 280 g/mol. The molecule has 2 aromatic rings. The minimum absolute atomic E-state index is 0.0247. The van der Waals surface area contributed by atoms with Crippen molar-refractivity contribution >= 4 is 17.4 Å². The molecular weight excluding hydrogens is 266 g/mol. The number of nitrogens with two attached hydrogens (primary N) is 1. The summed E-state index contributed by atoms with van der Waals surface area (Å²) < 4.78 is 12.8. The van der Waals surface area contributed by atoms with Gasteiger partial charge in [0.1, 0.15) is 24.1 Å². The molecule has 0 fully saturated rings. The van der Waals surface area contributed by atoms with E-state index in [-0.39, 0.29) is 6.04 Å². The van der Waals surface area contributed by atoms with Crippen molar-refractivity contribution in [2.75, 3.05) is 18.9 Å². The largest absolute Gasteiger partial charge is 0.486 e. The first-order valence-electron chi connectivity index (χ1n) is 6.05. The zero-order valence-electron chi connectivity index (χ0n) is 10.5. The van der Waals surface area contributed by atoms with Crippen LogP contribution in [0.2, 0.25) is 5.02 Å². The quantitative estimate of drug-likeness (QED) is 0.917. The lowest BCUT2D eigenvalue weighted by Gasteiger charge is -2.21. The summed E-state index contributed by atoms with van der Waals surface area (Å²) in [7, 11) is 0. The summed E-state index contributed by atoms with van der Waals surface area (Å²) in [6, 6.07) is 5.81. The van der Waals surface area contributed by atoms with Gasteiger partial charge < -0.3 is 15.2 Å².